The average molecular weight is 465 g/mol. The number of hydrogen-bond acceptors (Lipinski definition) is 7. The van der Waals surface area contributed by atoms with Gasteiger partial charge in [0.1, 0.15) is 23.6 Å². The Kier molecular flexibility index (Phi) is 5.39. The largest absolute Gasteiger partial charge is 0.465 e. The van der Waals surface area contributed by atoms with Crippen molar-refractivity contribution in [3.63, 3.8) is 0 Å². The minimum absolute atomic E-state index is 0.125. The van der Waals surface area contributed by atoms with Gasteiger partial charge in [-0.05, 0) is 48.9 Å². The predicted molar refractivity (Wildman–Crippen MR) is 125 cm³/mol. The zero-order valence-electron chi connectivity index (χ0n) is 18.5. The van der Waals surface area contributed by atoms with Gasteiger partial charge in [-0.2, -0.15) is 0 Å². The van der Waals surface area contributed by atoms with Gasteiger partial charge in [-0.15, -0.1) is 0 Å². The first-order valence-corrected chi connectivity index (χ1v) is 11.0. The normalized spacial score (nSPS) is 21.5. The number of nitrogens with two attached hydrogens (primary N) is 1. The van der Waals surface area contributed by atoms with Crippen LogP contribution in [0.5, 0.6) is 0 Å². The Morgan fingerprint density at radius 1 is 1.24 bits per heavy atom. The number of rotatable bonds is 5. The molecule has 0 spiro atoms. The number of fused-ring (bicyclic) bond motifs is 1. The molecule has 0 bridgehead atoms. The van der Waals surface area contributed by atoms with E-state index in [4.69, 9.17) is 10.8 Å². The van der Waals surface area contributed by atoms with E-state index in [0.29, 0.717) is 35.8 Å². The van der Waals surface area contributed by atoms with Crippen molar-refractivity contribution in [2.24, 2.45) is 5.92 Å². The first kappa shape index (κ1) is 21.8. The third-order valence-electron chi connectivity index (χ3n) is 6.26. The van der Waals surface area contributed by atoms with Gasteiger partial charge in [0.15, 0.2) is 0 Å². The molecule has 176 valence electrons. The molecule has 0 radical (unpaired) electrons. The van der Waals surface area contributed by atoms with Crippen molar-refractivity contribution in [2.45, 2.75) is 32.0 Å². The summed E-state index contributed by atoms with van der Waals surface area (Å²) in [5.74, 6) is 0.421. The summed E-state index contributed by atoms with van der Waals surface area (Å²) in [6, 6.07) is 5.37. The molecule has 5 rings (SSSR count). The number of hydrogen-bond donors (Lipinski definition) is 4. The van der Waals surface area contributed by atoms with Crippen LogP contribution in [0.15, 0.2) is 30.6 Å². The van der Waals surface area contributed by atoms with E-state index < -0.39 is 18.2 Å². The Morgan fingerprint density at radius 3 is 2.74 bits per heavy atom. The van der Waals surface area contributed by atoms with E-state index >= 15 is 0 Å². The third-order valence-corrected chi connectivity index (χ3v) is 6.26. The Morgan fingerprint density at radius 2 is 2.03 bits per heavy atom. The molecule has 1 aliphatic heterocycles. The Hall–Kier alpha value is -4.02. The minimum atomic E-state index is -1.08. The minimum Gasteiger partial charge on any atom is -0.465 e. The van der Waals surface area contributed by atoms with Crippen LogP contribution in [0.3, 0.4) is 0 Å². The van der Waals surface area contributed by atoms with Crippen LogP contribution < -0.4 is 21.3 Å². The molecule has 2 aliphatic rings. The second-order valence-corrected chi connectivity index (χ2v) is 8.77. The molecule has 34 heavy (non-hydrogen) atoms. The summed E-state index contributed by atoms with van der Waals surface area (Å²) in [5, 5.41) is 15.5. The number of nitrogens with one attached hydrogen (secondary N) is 2. The maximum atomic E-state index is 13.2. The first-order valence-electron chi connectivity index (χ1n) is 11.0. The zero-order chi connectivity index (χ0) is 24.0. The van der Waals surface area contributed by atoms with Crippen LogP contribution in [0, 0.1) is 12.8 Å². The predicted octanol–water partition coefficient (Wildman–Crippen LogP) is 2.73. The highest BCUT2D eigenvalue weighted by Crippen LogP contribution is 2.35. The van der Waals surface area contributed by atoms with E-state index in [0.717, 1.165) is 28.8 Å². The van der Waals surface area contributed by atoms with Crippen LogP contribution in [-0.2, 0) is 4.79 Å². The summed E-state index contributed by atoms with van der Waals surface area (Å²) in [5.41, 5.74) is 8.56. The second-order valence-electron chi connectivity index (χ2n) is 8.77. The number of amides is 2. The standard InChI is InChI=1S/C23H24FN7O3/c1-11-4-20(31-3-2-13(10-31)28-23(33)34)27-8-15(11)18-5-12-6-19(26-9-16(12)21(25)29-18)30-22(32)14-7-17(14)24/h4-6,8-9,13-14,17,28H,2-3,7,10H2,1H3,(H2,25,29)(H,33,34)(H,26,30,32)/t13-,14+,17-/m0/s1. The fraction of sp³-hybridized carbons (Fsp3) is 0.348. The monoisotopic (exact) mass is 465 g/mol. The molecule has 0 aromatic carbocycles. The van der Waals surface area contributed by atoms with E-state index in [-0.39, 0.29) is 18.4 Å². The van der Waals surface area contributed by atoms with Crippen molar-refractivity contribution in [3.8, 4) is 11.3 Å². The van der Waals surface area contributed by atoms with Gasteiger partial charge in [0.05, 0.1) is 17.7 Å². The number of halogens is 1. The lowest BCUT2D eigenvalue weighted by molar-refractivity contribution is -0.117. The summed E-state index contributed by atoms with van der Waals surface area (Å²) in [6.07, 6.45) is 2.14. The summed E-state index contributed by atoms with van der Waals surface area (Å²) < 4.78 is 13.2. The van der Waals surface area contributed by atoms with Gasteiger partial charge in [0.2, 0.25) is 5.91 Å². The second kappa shape index (κ2) is 8.40. The SMILES string of the molecule is Cc1cc(N2CC[C@H](NC(=O)O)C2)ncc1-c1cc2cc(NC(=O)[C@@H]3C[C@@H]3F)ncc2c(N)n1. The van der Waals surface area contributed by atoms with Gasteiger partial charge >= 0.3 is 6.09 Å². The van der Waals surface area contributed by atoms with Crippen LogP contribution >= 0.6 is 0 Å². The molecule has 3 atom stereocenters. The highest BCUT2D eigenvalue weighted by atomic mass is 19.1. The van der Waals surface area contributed by atoms with Gasteiger partial charge in [-0.1, -0.05) is 0 Å². The topological polar surface area (TPSA) is 146 Å². The van der Waals surface area contributed by atoms with Crippen LogP contribution in [-0.4, -0.2) is 57.4 Å². The number of carbonyl (C=O) groups excluding carboxylic acids is 1. The van der Waals surface area contributed by atoms with E-state index in [2.05, 4.69) is 25.6 Å². The van der Waals surface area contributed by atoms with Crippen molar-refractivity contribution < 1.29 is 19.1 Å². The fourth-order valence-corrected chi connectivity index (χ4v) is 4.28. The molecule has 1 saturated heterocycles. The number of nitrogen functional groups attached to an aromatic ring is 1. The first-order chi connectivity index (χ1) is 16.3. The number of aromatic nitrogens is 3. The number of nitrogens with zero attached hydrogens (tertiary/aromatic N) is 4. The molecule has 5 N–H and O–H groups in total. The highest BCUT2D eigenvalue weighted by Gasteiger charge is 2.43. The third kappa shape index (κ3) is 4.28. The lowest BCUT2D eigenvalue weighted by Gasteiger charge is -2.19. The lowest BCUT2D eigenvalue weighted by Crippen LogP contribution is -2.36. The summed E-state index contributed by atoms with van der Waals surface area (Å²) in [7, 11) is 0. The van der Waals surface area contributed by atoms with E-state index in [9.17, 15) is 14.0 Å². The number of aryl methyl sites for hydroxylation is 1. The number of carboxylic acid groups (broad SMARTS) is 1. The van der Waals surface area contributed by atoms with Gasteiger partial charge in [-0.25, -0.2) is 24.1 Å². The molecular weight excluding hydrogens is 441 g/mol. The van der Waals surface area contributed by atoms with Crippen LogP contribution in [0.2, 0.25) is 0 Å². The van der Waals surface area contributed by atoms with Crippen molar-refractivity contribution in [3.05, 3.63) is 36.2 Å². The van der Waals surface area contributed by atoms with E-state index in [1.165, 1.54) is 0 Å². The molecule has 11 heteroatoms. The molecule has 10 nitrogen and oxygen atoms in total. The molecule has 2 fully saturated rings. The summed E-state index contributed by atoms with van der Waals surface area (Å²) >= 11 is 0. The summed E-state index contributed by atoms with van der Waals surface area (Å²) in [4.78, 5) is 38.3. The van der Waals surface area contributed by atoms with Gasteiger partial charge < -0.3 is 26.4 Å². The van der Waals surface area contributed by atoms with E-state index in [1.807, 2.05) is 24.0 Å². The smallest absolute Gasteiger partial charge is 0.404 e. The number of anilines is 3. The van der Waals surface area contributed by atoms with Crippen LogP contribution in [0.25, 0.3) is 22.0 Å². The van der Waals surface area contributed by atoms with Crippen molar-refractivity contribution in [2.75, 3.05) is 29.0 Å². The average Bonchev–Trinajstić information content (AvgIpc) is 3.34. The molecule has 2 amide bonds. The molecule has 3 aromatic rings. The quantitative estimate of drug-likeness (QED) is 0.450. The number of alkyl halides is 1. The maximum Gasteiger partial charge on any atom is 0.404 e. The Bertz CT molecular complexity index is 1300. The molecule has 1 saturated carbocycles. The molecule has 1 aliphatic carbocycles. The fourth-order valence-electron chi connectivity index (χ4n) is 4.28. The van der Waals surface area contributed by atoms with Gasteiger partial charge in [-0.3, -0.25) is 4.79 Å². The lowest BCUT2D eigenvalue weighted by atomic mass is 10.1. The Labute approximate surface area is 194 Å². The Balaban J connectivity index is 1.39. The van der Waals surface area contributed by atoms with E-state index in [1.54, 1.807) is 18.5 Å². The van der Waals surface area contributed by atoms with Crippen LogP contribution in [0.4, 0.5) is 26.6 Å². The van der Waals surface area contributed by atoms with Crippen molar-refractivity contribution >= 4 is 40.2 Å². The maximum absolute atomic E-state index is 13.2. The summed E-state index contributed by atoms with van der Waals surface area (Å²) in [6.45, 7) is 3.22. The van der Waals surface area contributed by atoms with Crippen molar-refractivity contribution in [1.82, 2.24) is 20.3 Å². The van der Waals surface area contributed by atoms with Crippen molar-refractivity contribution in [1.29, 1.82) is 0 Å². The van der Waals surface area contributed by atoms with Gasteiger partial charge in [0.25, 0.3) is 0 Å². The highest BCUT2D eigenvalue weighted by molar-refractivity contribution is 5.98. The molecular formula is C23H24FN7O3. The molecule has 4 heterocycles. The van der Waals surface area contributed by atoms with Gasteiger partial charge in [0, 0.05) is 36.4 Å². The molecule has 0 unspecified atom stereocenters. The number of carbonyl (C=O) groups is 2. The molecule has 3 aromatic heterocycles. The zero-order valence-corrected chi connectivity index (χ0v) is 18.5. The van der Waals surface area contributed by atoms with Crippen LogP contribution in [0.1, 0.15) is 18.4 Å². The number of pyridine rings is 3.